The molecule has 0 saturated carbocycles. The molecule has 0 saturated heterocycles. The lowest BCUT2D eigenvalue weighted by Crippen LogP contribution is -2.25. The van der Waals surface area contributed by atoms with Gasteiger partial charge in [0.25, 0.3) is 5.56 Å². The lowest BCUT2D eigenvalue weighted by atomic mass is 10.1. The van der Waals surface area contributed by atoms with E-state index in [1.807, 2.05) is 32.9 Å². The number of furan rings is 1. The number of nitrogens with zero attached hydrogens (tertiary/aromatic N) is 3. The van der Waals surface area contributed by atoms with Crippen molar-refractivity contribution in [3.63, 3.8) is 0 Å². The van der Waals surface area contributed by atoms with Crippen molar-refractivity contribution >= 4 is 12.0 Å². The van der Waals surface area contributed by atoms with Crippen LogP contribution in [0, 0.1) is 6.92 Å². The first-order valence-corrected chi connectivity index (χ1v) is 8.54. The van der Waals surface area contributed by atoms with Gasteiger partial charge in [-0.15, -0.1) is 0 Å². The van der Waals surface area contributed by atoms with Crippen LogP contribution in [0.1, 0.15) is 25.6 Å². The van der Waals surface area contributed by atoms with E-state index in [2.05, 4.69) is 20.6 Å². The molecule has 27 heavy (non-hydrogen) atoms. The summed E-state index contributed by atoms with van der Waals surface area (Å²) in [5, 5.41) is 5.01. The van der Waals surface area contributed by atoms with Crippen LogP contribution in [0.5, 0.6) is 0 Å². The number of pyridine rings is 1. The monoisotopic (exact) mass is 367 g/mol. The van der Waals surface area contributed by atoms with E-state index in [0.29, 0.717) is 17.0 Å². The zero-order valence-electron chi connectivity index (χ0n) is 15.6. The fourth-order valence-corrected chi connectivity index (χ4v) is 2.63. The molecule has 0 aliphatic carbocycles. The summed E-state index contributed by atoms with van der Waals surface area (Å²) in [6, 6.07) is 6.49. The molecule has 2 N–H and O–H groups in total. The quantitative estimate of drug-likeness (QED) is 0.737. The first-order chi connectivity index (χ1) is 12.9. The number of urea groups is 1. The summed E-state index contributed by atoms with van der Waals surface area (Å²) in [5.41, 5.74) is 1.92. The molecule has 0 fully saturated rings. The van der Waals surface area contributed by atoms with Gasteiger partial charge in [0.1, 0.15) is 11.5 Å². The van der Waals surface area contributed by atoms with Crippen LogP contribution in [-0.4, -0.2) is 27.6 Å². The summed E-state index contributed by atoms with van der Waals surface area (Å²) >= 11 is 0. The Morgan fingerprint density at radius 3 is 2.63 bits per heavy atom. The maximum atomic E-state index is 12.1. The Kier molecular flexibility index (Phi) is 5.07. The smallest absolute Gasteiger partial charge is 0.321 e. The topological polar surface area (TPSA) is 102 Å². The maximum Gasteiger partial charge on any atom is 0.321 e. The number of aromatic nitrogens is 3. The van der Waals surface area contributed by atoms with Crippen molar-refractivity contribution < 1.29 is 9.21 Å². The molecule has 3 rings (SSSR count). The highest BCUT2D eigenvalue weighted by Crippen LogP contribution is 2.31. The predicted octanol–water partition coefficient (Wildman–Crippen LogP) is 3.21. The van der Waals surface area contributed by atoms with Crippen molar-refractivity contribution in [2.45, 2.75) is 26.8 Å². The van der Waals surface area contributed by atoms with Crippen LogP contribution in [0.4, 0.5) is 10.7 Å². The van der Waals surface area contributed by atoms with E-state index >= 15 is 0 Å². The highest BCUT2D eigenvalue weighted by molar-refractivity contribution is 5.88. The third-order valence-corrected chi connectivity index (χ3v) is 4.02. The van der Waals surface area contributed by atoms with Gasteiger partial charge in [-0.2, -0.15) is 0 Å². The Labute approximate surface area is 156 Å². The Bertz CT molecular complexity index is 1040. The van der Waals surface area contributed by atoms with Gasteiger partial charge >= 0.3 is 6.03 Å². The molecule has 0 unspecified atom stereocenters. The summed E-state index contributed by atoms with van der Waals surface area (Å²) in [7, 11) is 1.51. The number of nitrogens with one attached hydrogen (secondary N) is 2. The van der Waals surface area contributed by atoms with E-state index in [9.17, 15) is 9.59 Å². The van der Waals surface area contributed by atoms with Gasteiger partial charge in [-0.05, 0) is 39.0 Å². The number of anilines is 1. The first-order valence-electron chi connectivity index (χ1n) is 8.54. The summed E-state index contributed by atoms with van der Waals surface area (Å²) < 4.78 is 7.37. The zero-order valence-corrected chi connectivity index (χ0v) is 15.6. The van der Waals surface area contributed by atoms with Crippen LogP contribution in [0.3, 0.4) is 0 Å². The highest BCUT2D eigenvalue weighted by atomic mass is 16.3. The predicted molar refractivity (Wildman–Crippen MR) is 103 cm³/mol. The molecule has 0 aliphatic rings. The lowest BCUT2D eigenvalue weighted by Gasteiger charge is -2.13. The molecule has 0 spiro atoms. The van der Waals surface area contributed by atoms with Gasteiger partial charge in [0, 0.05) is 42.7 Å². The summed E-state index contributed by atoms with van der Waals surface area (Å²) in [5.74, 6) is 1.44. The number of carbonyl (C=O) groups excluding carboxylic acids is 1. The lowest BCUT2D eigenvalue weighted by molar-refractivity contribution is 0.254. The minimum Gasteiger partial charge on any atom is -0.460 e. The molecular weight excluding hydrogens is 346 g/mol. The maximum absolute atomic E-state index is 12.1. The molecule has 2 amide bonds. The van der Waals surface area contributed by atoms with Gasteiger partial charge in [0.15, 0.2) is 5.76 Å². The van der Waals surface area contributed by atoms with Crippen molar-refractivity contribution in [1.82, 2.24) is 19.9 Å². The molecule has 140 valence electrons. The number of hydrogen-bond donors (Lipinski definition) is 2. The number of amides is 2. The van der Waals surface area contributed by atoms with Crippen LogP contribution in [0.2, 0.25) is 0 Å². The van der Waals surface area contributed by atoms with Gasteiger partial charge in [-0.3, -0.25) is 10.1 Å². The van der Waals surface area contributed by atoms with Gasteiger partial charge in [0.2, 0.25) is 5.95 Å². The van der Waals surface area contributed by atoms with E-state index in [0.717, 1.165) is 11.3 Å². The second kappa shape index (κ2) is 7.45. The minimum atomic E-state index is -0.419. The fraction of sp³-hybridized carbons (Fsp3) is 0.263. The minimum absolute atomic E-state index is 0.0156. The van der Waals surface area contributed by atoms with Crippen LogP contribution >= 0.6 is 0 Å². The van der Waals surface area contributed by atoms with E-state index in [1.165, 1.54) is 13.1 Å². The Balaban J connectivity index is 2.16. The Morgan fingerprint density at radius 1 is 1.22 bits per heavy atom. The molecular formula is C19H21N5O3. The molecule has 0 bridgehead atoms. The van der Waals surface area contributed by atoms with E-state index in [-0.39, 0.29) is 17.5 Å². The third-order valence-electron chi connectivity index (χ3n) is 4.02. The standard InChI is InChI=1S/C19H21N5O3/c1-11(2)24-10-13(6-8-16(24)25)14-9-21-18(23-19(26)20-4)22-17(14)15-7-5-12(3)27-15/h5-11H,1-4H3,(H2,20,21,22,23,26). The second-order valence-corrected chi connectivity index (χ2v) is 6.33. The second-order valence-electron chi connectivity index (χ2n) is 6.33. The third kappa shape index (κ3) is 3.89. The largest absolute Gasteiger partial charge is 0.460 e. The van der Waals surface area contributed by atoms with E-state index < -0.39 is 6.03 Å². The summed E-state index contributed by atoms with van der Waals surface area (Å²) in [6.45, 7) is 5.72. The van der Waals surface area contributed by atoms with E-state index in [1.54, 1.807) is 23.0 Å². The summed E-state index contributed by atoms with van der Waals surface area (Å²) in [6.07, 6.45) is 3.38. The van der Waals surface area contributed by atoms with Gasteiger partial charge in [-0.1, -0.05) is 0 Å². The number of aryl methyl sites for hydroxylation is 1. The van der Waals surface area contributed by atoms with Crippen LogP contribution in [0.25, 0.3) is 22.6 Å². The average Bonchev–Trinajstić information content (AvgIpc) is 3.08. The average molecular weight is 367 g/mol. The zero-order chi connectivity index (χ0) is 19.6. The van der Waals surface area contributed by atoms with Crippen LogP contribution in [0.15, 0.2) is 45.9 Å². The normalized spacial score (nSPS) is 10.9. The van der Waals surface area contributed by atoms with Crippen molar-refractivity contribution in [3.05, 3.63) is 52.8 Å². The van der Waals surface area contributed by atoms with Crippen LogP contribution < -0.4 is 16.2 Å². The van der Waals surface area contributed by atoms with Gasteiger partial charge in [-0.25, -0.2) is 14.8 Å². The molecule has 3 aromatic rings. The van der Waals surface area contributed by atoms with Crippen LogP contribution in [-0.2, 0) is 0 Å². The molecule has 0 aliphatic heterocycles. The van der Waals surface area contributed by atoms with Crippen molar-refractivity contribution in [1.29, 1.82) is 0 Å². The number of carbonyl (C=O) groups is 1. The number of hydrogen-bond acceptors (Lipinski definition) is 5. The Morgan fingerprint density at radius 2 is 2.00 bits per heavy atom. The molecule has 8 nitrogen and oxygen atoms in total. The molecule has 0 radical (unpaired) electrons. The first kappa shape index (κ1) is 18.4. The van der Waals surface area contributed by atoms with Crippen molar-refractivity contribution in [2.75, 3.05) is 12.4 Å². The van der Waals surface area contributed by atoms with Crippen molar-refractivity contribution in [2.24, 2.45) is 0 Å². The summed E-state index contributed by atoms with van der Waals surface area (Å²) in [4.78, 5) is 32.3. The molecule has 8 heteroatoms. The van der Waals surface area contributed by atoms with Gasteiger partial charge in [0.05, 0.1) is 0 Å². The van der Waals surface area contributed by atoms with Crippen molar-refractivity contribution in [3.8, 4) is 22.6 Å². The number of rotatable bonds is 4. The SMILES string of the molecule is CNC(=O)Nc1ncc(-c2ccc(=O)n(C(C)C)c2)c(-c2ccc(C)o2)n1. The van der Waals surface area contributed by atoms with Gasteiger partial charge < -0.3 is 14.3 Å². The molecule has 3 heterocycles. The molecule has 0 aromatic carbocycles. The molecule has 3 aromatic heterocycles. The Hall–Kier alpha value is -3.42. The highest BCUT2D eigenvalue weighted by Gasteiger charge is 2.16. The van der Waals surface area contributed by atoms with E-state index in [4.69, 9.17) is 4.42 Å². The fourth-order valence-electron chi connectivity index (χ4n) is 2.63. The molecule has 0 atom stereocenters.